The molecule has 2 N–H and O–H groups in total. The normalized spacial score (nSPS) is 20.8. The van der Waals surface area contributed by atoms with Crippen molar-refractivity contribution in [2.24, 2.45) is 0 Å². The van der Waals surface area contributed by atoms with Crippen LogP contribution in [0.5, 0.6) is 0 Å². The molecule has 1 saturated carbocycles. The maximum absolute atomic E-state index is 13.5. The smallest absolute Gasteiger partial charge is 0.183 e. The molecule has 25 heavy (non-hydrogen) atoms. The summed E-state index contributed by atoms with van der Waals surface area (Å²) in [5.41, 5.74) is -0.152. The quantitative estimate of drug-likeness (QED) is 0.815. The van der Waals surface area contributed by atoms with Crippen LogP contribution >= 0.6 is 0 Å². The lowest BCUT2D eigenvalue weighted by molar-refractivity contribution is -0.208. The molecule has 0 aliphatic heterocycles. The molecule has 3 rings (SSSR count). The molecule has 3 nitrogen and oxygen atoms in total. The van der Waals surface area contributed by atoms with Crippen molar-refractivity contribution < 1.29 is 15.0 Å². The van der Waals surface area contributed by atoms with Crippen LogP contribution in [0.25, 0.3) is 0 Å². The highest BCUT2D eigenvalue weighted by molar-refractivity contribution is 5.95. The molecule has 1 fully saturated rings. The summed E-state index contributed by atoms with van der Waals surface area (Å²) in [4.78, 5) is 13.5. The molecular formula is C22H26O3. The first-order valence-corrected chi connectivity index (χ1v) is 9.18. The third kappa shape index (κ3) is 3.26. The van der Waals surface area contributed by atoms with Crippen molar-refractivity contribution in [1.82, 2.24) is 0 Å². The van der Waals surface area contributed by atoms with Crippen molar-refractivity contribution in [3.8, 4) is 0 Å². The predicted octanol–water partition coefficient (Wildman–Crippen LogP) is 3.97. The van der Waals surface area contributed by atoms with Gasteiger partial charge in [-0.05, 0) is 24.0 Å². The van der Waals surface area contributed by atoms with E-state index in [9.17, 15) is 15.0 Å². The van der Waals surface area contributed by atoms with Crippen LogP contribution in [-0.4, -0.2) is 21.8 Å². The number of aliphatic hydroxyl groups is 2. The number of carbonyl (C=O) groups excluding carboxylic acids is 1. The summed E-state index contributed by atoms with van der Waals surface area (Å²) in [6.07, 6.45) is 5.02. The maximum Gasteiger partial charge on any atom is 0.183 e. The molecule has 1 aliphatic rings. The summed E-state index contributed by atoms with van der Waals surface area (Å²) in [5, 5.41) is 22.4. The second-order valence-electron chi connectivity index (χ2n) is 6.99. The van der Waals surface area contributed by atoms with Crippen LogP contribution in [0.4, 0.5) is 0 Å². The van der Waals surface area contributed by atoms with Gasteiger partial charge in [0.15, 0.2) is 11.6 Å². The lowest BCUT2D eigenvalue weighted by Gasteiger charge is -2.44. The first kappa shape index (κ1) is 17.8. The van der Waals surface area contributed by atoms with Gasteiger partial charge in [0.05, 0.1) is 0 Å². The molecule has 0 heterocycles. The molecule has 1 aliphatic carbocycles. The van der Waals surface area contributed by atoms with Crippen LogP contribution in [0.3, 0.4) is 0 Å². The minimum atomic E-state index is -2.12. The summed E-state index contributed by atoms with van der Waals surface area (Å²) in [7, 11) is 0. The van der Waals surface area contributed by atoms with Gasteiger partial charge in [-0.2, -0.15) is 0 Å². The Morgan fingerprint density at radius 3 is 1.72 bits per heavy atom. The minimum Gasteiger partial charge on any atom is -0.364 e. The Bertz CT molecular complexity index is 652. The average Bonchev–Trinajstić information content (AvgIpc) is 2.62. The lowest BCUT2D eigenvalue weighted by Crippen LogP contribution is -2.57. The molecule has 2 aromatic rings. The molecule has 0 radical (unpaired) electrons. The van der Waals surface area contributed by atoms with E-state index in [1.165, 1.54) is 0 Å². The van der Waals surface area contributed by atoms with Crippen LogP contribution in [0, 0.1) is 0 Å². The van der Waals surface area contributed by atoms with E-state index in [1.807, 2.05) is 60.7 Å². The summed E-state index contributed by atoms with van der Waals surface area (Å²) in [5.74, 6) is -2.23. The largest absolute Gasteiger partial charge is 0.364 e. The Morgan fingerprint density at radius 1 is 0.680 bits per heavy atom. The molecule has 0 aromatic heterocycles. The molecule has 0 spiro atoms. The lowest BCUT2D eigenvalue weighted by atomic mass is 9.63. The fourth-order valence-corrected chi connectivity index (χ4v) is 4.11. The van der Waals surface area contributed by atoms with E-state index >= 15 is 0 Å². The zero-order valence-corrected chi connectivity index (χ0v) is 14.5. The van der Waals surface area contributed by atoms with Crippen LogP contribution in [-0.2, 0) is 10.2 Å². The molecule has 0 amide bonds. The van der Waals surface area contributed by atoms with E-state index in [0.717, 1.165) is 25.7 Å². The van der Waals surface area contributed by atoms with Gasteiger partial charge in [0, 0.05) is 12.8 Å². The topological polar surface area (TPSA) is 57.5 Å². The van der Waals surface area contributed by atoms with Gasteiger partial charge >= 0.3 is 0 Å². The predicted molar refractivity (Wildman–Crippen MR) is 98.2 cm³/mol. The van der Waals surface area contributed by atoms with E-state index in [4.69, 9.17) is 0 Å². The highest BCUT2D eigenvalue weighted by Crippen LogP contribution is 2.45. The number of hydrogen-bond acceptors (Lipinski definition) is 3. The number of carbonyl (C=O) groups is 1. The van der Waals surface area contributed by atoms with E-state index in [1.54, 1.807) is 0 Å². The highest BCUT2D eigenvalue weighted by Gasteiger charge is 2.56. The number of hydrogen-bond donors (Lipinski definition) is 2. The Labute approximate surface area is 149 Å². The molecule has 0 unspecified atom stereocenters. The van der Waals surface area contributed by atoms with Crippen molar-refractivity contribution >= 4 is 5.78 Å². The van der Waals surface area contributed by atoms with Gasteiger partial charge in [-0.3, -0.25) is 4.79 Å². The number of benzene rings is 2. The number of Topliss-reactive ketones (excluding diaryl/α,β-unsaturated/α-hetero) is 1. The Morgan fingerprint density at radius 2 is 1.16 bits per heavy atom. The monoisotopic (exact) mass is 338 g/mol. The van der Waals surface area contributed by atoms with Crippen LogP contribution in [0.15, 0.2) is 60.7 Å². The average molecular weight is 338 g/mol. The molecule has 132 valence electrons. The fourth-order valence-electron chi connectivity index (χ4n) is 4.11. The van der Waals surface area contributed by atoms with Gasteiger partial charge in [0.25, 0.3) is 0 Å². The molecular weight excluding hydrogens is 312 g/mol. The van der Waals surface area contributed by atoms with Crippen molar-refractivity contribution in [3.63, 3.8) is 0 Å². The highest BCUT2D eigenvalue weighted by atomic mass is 16.5. The summed E-state index contributed by atoms with van der Waals surface area (Å²) in [6, 6.07) is 18.5. The summed E-state index contributed by atoms with van der Waals surface area (Å²) >= 11 is 0. The van der Waals surface area contributed by atoms with Crippen molar-refractivity contribution in [3.05, 3.63) is 71.8 Å². The second-order valence-corrected chi connectivity index (χ2v) is 6.99. The summed E-state index contributed by atoms with van der Waals surface area (Å²) in [6.45, 7) is 0. The standard InChI is InChI=1S/C22H26O3/c23-20-16-10-2-1-3-11-17-21(24,25)22(20,18-12-6-4-7-13-18)19-14-8-5-9-15-19/h4-9,12-15,24-25H,1-3,10-11,16-17H2. The third-order valence-electron chi connectivity index (χ3n) is 5.36. The fraction of sp³-hybridized carbons (Fsp3) is 0.409. The number of ketones is 1. The Balaban J connectivity index is 2.25. The van der Waals surface area contributed by atoms with Crippen LogP contribution in [0.1, 0.15) is 56.1 Å². The minimum absolute atomic E-state index is 0.114. The van der Waals surface area contributed by atoms with Gasteiger partial charge in [-0.15, -0.1) is 0 Å². The molecule has 2 aromatic carbocycles. The first-order chi connectivity index (χ1) is 12.1. The van der Waals surface area contributed by atoms with E-state index in [2.05, 4.69) is 0 Å². The van der Waals surface area contributed by atoms with Crippen molar-refractivity contribution in [2.75, 3.05) is 0 Å². The maximum atomic E-state index is 13.5. The van der Waals surface area contributed by atoms with Gasteiger partial charge in [0.2, 0.25) is 0 Å². The van der Waals surface area contributed by atoms with Gasteiger partial charge in [-0.25, -0.2) is 0 Å². The molecule has 0 atom stereocenters. The van der Waals surface area contributed by atoms with Crippen LogP contribution < -0.4 is 0 Å². The van der Waals surface area contributed by atoms with Gasteiger partial charge in [-0.1, -0.05) is 79.9 Å². The van der Waals surface area contributed by atoms with Crippen LogP contribution in [0.2, 0.25) is 0 Å². The van der Waals surface area contributed by atoms with E-state index < -0.39 is 11.2 Å². The Kier molecular flexibility index (Phi) is 5.36. The van der Waals surface area contributed by atoms with Crippen molar-refractivity contribution in [1.29, 1.82) is 0 Å². The number of rotatable bonds is 2. The first-order valence-electron chi connectivity index (χ1n) is 9.18. The van der Waals surface area contributed by atoms with Gasteiger partial charge < -0.3 is 10.2 Å². The molecule has 0 saturated heterocycles. The third-order valence-corrected chi connectivity index (χ3v) is 5.36. The SMILES string of the molecule is O=C1CCCCCCCC(O)(O)C1(c1ccccc1)c1ccccc1. The zero-order chi connectivity index (χ0) is 17.8. The summed E-state index contributed by atoms with van der Waals surface area (Å²) < 4.78 is 0. The molecule has 0 bridgehead atoms. The second kappa shape index (κ2) is 7.51. The van der Waals surface area contributed by atoms with Crippen molar-refractivity contribution in [2.45, 2.75) is 56.1 Å². The van der Waals surface area contributed by atoms with Gasteiger partial charge in [0.1, 0.15) is 5.41 Å². The molecule has 3 heteroatoms. The zero-order valence-electron chi connectivity index (χ0n) is 14.5. The van der Waals surface area contributed by atoms with E-state index in [-0.39, 0.29) is 12.2 Å². The van der Waals surface area contributed by atoms with E-state index in [0.29, 0.717) is 24.0 Å². The Hall–Kier alpha value is -1.97.